The third-order valence-corrected chi connectivity index (χ3v) is 4.52. The Morgan fingerprint density at radius 2 is 1.86 bits per heavy atom. The van der Waals surface area contributed by atoms with Crippen molar-refractivity contribution in [3.8, 4) is 17.2 Å². The van der Waals surface area contributed by atoms with Gasteiger partial charge in [-0.1, -0.05) is 39.7 Å². The number of aromatic hydroxyl groups is 2. The number of nitrogens with zero attached hydrogens (tertiary/aromatic N) is 1. The molecule has 3 aromatic rings. The number of ether oxygens (including phenoxy) is 1. The number of hydrazone groups is 1. The molecule has 3 N–H and O–H groups in total. The molecule has 8 heteroatoms. The Bertz CT molecular complexity index is 1050. The molecule has 0 unspecified atom stereocenters. The average Bonchev–Trinajstić information content (AvgIpc) is 2.66. The molecule has 0 bridgehead atoms. The highest BCUT2D eigenvalue weighted by Crippen LogP contribution is 2.24. The molecule has 0 aliphatic rings. The molecule has 0 aliphatic carbocycles. The predicted molar refractivity (Wildman–Crippen MR) is 115 cm³/mol. The van der Waals surface area contributed by atoms with Crippen molar-refractivity contribution in [3.05, 3.63) is 86.8 Å². The van der Waals surface area contributed by atoms with Crippen LogP contribution in [-0.2, 0) is 6.61 Å². The molecule has 0 saturated carbocycles. The van der Waals surface area contributed by atoms with Gasteiger partial charge in [-0.3, -0.25) is 4.79 Å². The van der Waals surface area contributed by atoms with E-state index in [2.05, 4.69) is 26.5 Å². The van der Waals surface area contributed by atoms with Gasteiger partial charge in [0.05, 0.1) is 6.21 Å². The number of rotatable bonds is 6. The zero-order valence-corrected chi connectivity index (χ0v) is 17.3. The fraction of sp³-hybridized carbons (Fsp3) is 0.0476. The fourth-order valence-corrected chi connectivity index (χ4v) is 3.08. The van der Waals surface area contributed by atoms with Gasteiger partial charge in [0, 0.05) is 26.7 Å². The summed E-state index contributed by atoms with van der Waals surface area (Å²) in [5.41, 5.74) is 3.98. The molecule has 148 valence electrons. The van der Waals surface area contributed by atoms with Crippen LogP contribution >= 0.6 is 27.5 Å². The van der Waals surface area contributed by atoms with Gasteiger partial charge in [0.25, 0.3) is 5.91 Å². The first kappa shape index (κ1) is 20.7. The number of nitrogens with one attached hydrogen (secondary N) is 1. The molecule has 0 radical (unpaired) electrons. The first-order valence-electron chi connectivity index (χ1n) is 8.44. The second-order valence-corrected chi connectivity index (χ2v) is 7.39. The molecule has 3 rings (SSSR count). The fourth-order valence-electron chi connectivity index (χ4n) is 2.49. The summed E-state index contributed by atoms with van der Waals surface area (Å²) in [7, 11) is 0. The topological polar surface area (TPSA) is 91.2 Å². The minimum atomic E-state index is -0.580. The Hall–Kier alpha value is -3.03. The molecule has 0 saturated heterocycles. The third-order valence-electron chi connectivity index (χ3n) is 3.79. The number of phenolic OH excluding ortho intramolecular Hbond substituents is 2. The third kappa shape index (κ3) is 5.97. The minimum absolute atomic E-state index is 0.0753. The summed E-state index contributed by atoms with van der Waals surface area (Å²) in [6.07, 6.45) is 1.44. The van der Waals surface area contributed by atoms with Crippen molar-refractivity contribution in [1.29, 1.82) is 0 Å². The van der Waals surface area contributed by atoms with Crippen molar-refractivity contribution in [2.24, 2.45) is 5.10 Å². The van der Waals surface area contributed by atoms with E-state index in [1.165, 1.54) is 18.3 Å². The summed E-state index contributed by atoms with van der Waals surface area (Å²) in [5, 5.41) is 23.5. The lowest BCUT2D eigenvalue weighted by molar-refractivity contribution is 0.0954. The number of phenols is 2. The standard InChI is InChI=1S/C21H16BrClN2O4/c22-16-4-5-20(29-12-13-2-1-3-17(23)6-13)15(7-16)11-24-25-21(28)14-8-18(26)10-19(27)9-14/h1-11,26-27H,12H2,(H,25,28)/b24-11+. The zero-order valence-electron chi connectivity index (χ0n) is 15.0. The Kier molecular flexibility index (Phi) is 6.74. The molecule has 29 heavy (non-hydrogen) atoms. The predicted octanol–water partition coefficient (Wildman–Crippen LogP) is 4.86. The Labute approximate surface area is 180 Å². The van der Waals surface area contributed by atoms with Gasteiger partial charge in [0.2, 0.25) is 0 Å². The summed E-state index contributed by atoms with van der Waals surface area (Å²) in [6, 6.07) is 16.4. The van der Waals surface area contributed by atoms with E-state index in [1.54, 1.807) is 18.2 Å². The van der Waals surface area contributed by atoms with E-state index in [9.17, 15) is 15.0 Å². The molecule has 0 atom stereocenters. The quantitative estimate of drug-likeness (QED) is 0.351. The summed E-state index contributed by atoms with van der Waals surface area (Å²) >= 11 is 9.39. The van der Waals surface area contributed by atoms with E-state index in [1.807, 2.05) is 24.3 Å². The van der Waals surface area contributed by atoms with Crippen molar-refractivity contribution >= 4 is 39.7 Å². The van der Waals surface area contributed by atoms with Gasteiger partial charge < -0.3 is 14.9 Å². The van der Waals surface area contributed by atoms with Crippen LogP contribution < -0.4 is 10.2 Å². The minimum Gasteiger partial charge on any atom is -0.508 e. The van der Waals surface area contributed by atoms with Crippen LogP contribution in [0.4, 0.5) is 0 Å². The van der Waals surface area contributed by atoms with Crippen LogP contribution in [-0.4, -0.2) is 22.3 Å². The van der Waals surface area contributed by atoms with Crippen LogP contribution in [0.15, 0.2) is 70.2 Å². The van der Waals surface area contributed by atoms with Crippen LogP contribution in [0.5, 0.6) is 17.2 Å². The molecule has 0 aromatic heterocycles. The maximum Gasteiger partial charge on any atom is 0.271 e. The summed E-state index contributed by atoms with van der Waals surface area (Å²) < 4.78 is 6.68. The molecule has 0 heterocycles. The second-order valence-electron chi connectivity index (χ2n) is 6.04. The smallest absolute Gasteiger partial charge is 0.271 e. The molecular formula is C21H16BrClN2O4. The molecule has 0 spiro atoms. The molecule has 3 aromatic carbocycles. The van der Waals surface area contributed by atoms with E-state index in [0.717, 1.165) is 16.1 Å². The van der Waals surface area contributed by atoms with Crippen LogP contribution in [0.3, 0.4) is 0 Å². The highest BCUT2D eigenvalue weighted by molar-refractivity contribution is 9.10. The van der Waals surface area contributed by atoms with Crippen LogP contribution in [0.25, 0.3) is 0 Å². The molecular weight excluding hydrogens is 460 g/mol. The van der Waals surface area contributed by atoms with Gasteiger partial charge in [0.1, 0.15) is 23.9 Å². The maximum atomic E-state index is 12.1. The number of carbonyl (C=O) groups excluding carboxylic acids is 1. The summed E-state index contributed by atoms with van der Waals surface area (Å²) in [4.78, 5) is 12.1. The molecule has 1 amide bonds. The number of benzene rings is 3. The van der Waals surface area contributed by atoms with Crippen molar-refractivity contribution in [2.75, 3.05) is 0 Å². The first-order valence-corrected chi connectivity index (χ1v) is 9.61. The van der Waals surface area contributed by atoms with Crippen LogP contribution in [0.1, 0.15) is 21.5 Å². The van der Waals surface area contributed by atoms with E-state index >= 15 is 0 Å². The van der Waals surface area contributed by atoms with Crippen LogP contribution in [0, 0.1) is 0 Å². The maximum absolute atomic E-state index is 12.1. The monoisotopic (exact) mass is 474 g/mol. The van der Waals surface area contributed by atoms with Gasteiger partial charge in [0.15, 0.2) is 0 Å². The molecule has 0 fully saturated rings. The van der Waals surface area contributed by atoms with E-state index in [4.69, 9.17) is 16.3 Å². The van der Waals surface area contributed by atoms with Gasteiger partial charge in [-0.05, 0) is 48.0 Å². The summed E-state index contributed by atoms with van der Waals surface area (Å²) in [5.74, 6) is -0.448. The van der Waals surface area contributed by atoms with Crippen molar-refractivity contribution in [2.45, 2.75) is 6.61 Å². The highest BCUT2D eigenvalue weighted by atomic mass is 79.9. The zero-order chi connectivity index (χ0) is 20.8. The van der Waals surface area contributed by atoms with Crippen molar-refractivity contribution in [1.82, 2.24) is 5.43 Å². The van der Waals surface area contributed by atoms with E-state index in [0.29, 0.717) is 22.9 Å². The number of halogens is 2. The lowest BCUT2D eigenvalue weighted by atomic mass is 10.2. The van der Waals surface area contributed by atoms with E-state index < -0.39 is 5.91 Å². The molecule has 6 nitrogen and oxygen atoms in total. The van der Waals surface area contributed by atoms with Gasteiger partial charge in [-0.2, -0.15) is 5.10 Å². The van der Waals surface area contributed by atoms with Crippen molar-refractivity contribution < 1.29 is 19.7 Å². The average molecular weight is 476 g/mol. The van der Waals surface area contributed by atoms with Gasteiger partial charge >= 0.3 is 0 Å². The number of hydrogen-bond donors (Lipinski definition) is 3. The number of hydrogen-bond acceptors (Lipinski definition) is 5. The van der Waals surface area contributed by atoms with Gasteiger partial charge in [-0.15, -0.1) is 0 Å². The van der Waals surface area contributed by atoms with Gasteiger partial charge in [-0.25, -0.2) is 5.43 Å². The van der Waals surface area contributed by atoms with Crippen molar-refractivity contribution in [3.63, 3.8) is 0 Å². The Morgan fingerprint density at radius 1 is 1.10 bits per heavy atom. The first-order chi connectivity index (χ1) is 13.9. The Balaban J connectivity index is 1.71. The lowest BCUT2D eigenvalue weighted by Crippen LogP contribution is -2.17. The normalized spacial score (nSPS) is 10.8. The number of amides is 1. The largest absolute Gasteiger partial charge is 0.508 e. The lowest BCUT2D eigenvalue weighted by Gasteiger charge is -2.10. The number of carbonyl (C=O) groups is 1. The van der Waals surface area contributed by atoms with Crippen LogP contribution in [0.2, 0.25) is 5.02 Å². The van der Waals surface area contributed by atoms with E-state index in [-0.39, 0.29) is 17.1 Å². The second kappa shape index (κ2) is 9.45. The Morgan fingerprint density at radius 3 is 2.59 bits per heavy atom. The summed E-state index contributed by atoms with van der Waals surface area (Å²) in [6.45, 7) is 0.317. The molecule has 0 aliphatic heterocycles. The highest BCUT2D eigenvalue weighted by Gasteiger charge is 2.08. The SMILES string of the molecule is O=C(N/N=C/c1cc(Br)ccc1OCc1cccc(Cl)c1)c1cc(O)cc(O)c1.